The van der Waals surface area contributed by atoms with Crippen LogP contribution in [0.3, 0.4) is 0 Å². The van der Waals surface area contributed by atoms with Crippen LogP contribution in [0.2, 0.25) is 4.34 Å². The molecule has 1 N–H and O–H groups in total. The highest BCUT2D eigenvalue weighted by atomic mass is 35.5. The van der Waals surface area contributed by atoms with Crippen molar-refractivity contribution in [3.63, 3.8) is 0 Å². The van der Waals surface area contributed by atoms with E-state index >= 15 is 0 Å². The van der Waals surface area contributed by atoms with Crippen LogP contribution in [0.4, 0.5) is 0 Å². The molecular weight excluding hydrogens is 370 g/mol. The number of hydrogen-bond donors (Lipinski definition) is 1. The molecule has 1 aliphatic rings. The number of ether oxygens (including phenoxy) is 1. The van der Waals surface area contributed by atoms with Crippen LogP contribution in [0.5, 0.6) is 5.75 Å². The number of thiophene rings is 1. The lowest BCUT2D eigenvalue weighted by Gasteiger charge is -2.35. The Balaban J connectivity index is 1.36. The molecule has 3 rings (SSSR count). The second-order valence-corrected chi connectivity index (χ2v) is 8.18. The zero-order chi connectivity index (χ0) is 18.4. The zero-order valence-corrected chi connectivity index (χ0v) is 16.0. The summed E-state index contributed by atoms with van der Waals surface area (Å²) in [5.41, 5.74) is 0.598. The van der Waals surface area contributed by atoms with Gasteiger partial charge in [0.05, 0.1) is 16.0 Å². The molecule has 2 heterocycles. The topological polar surface area (TPSA) is 59.7 Å². The van der Waals surface area contributed by atoms with Crippen molar-refractivity contribution in [2.24, 2.45) is 0 Å². The monoisotopic (exact) mass is 391 g/mol. The Kier molecular flexibility index (Phi) is 6.89. The Labute approximate surface area is 163 Å². The van der Waals surface area contributed by atoms with Crippen LogP contribution in [-0.2, 0) is 6.54 Å². The smallest absolute Gasteiger partial charge is 0.119 e. The molecule has 0 bridgehead atoms. The van der Waals surface area contributed by atoms with Gasteiger partial charge in [-0.25, -0.2) is 0 Å². The lowest BCUT2D eigenvalue weighted by molar-refractivity contribution is 0.0448. The number of piperazine rings is 1. The minimum atomic E-state index is -0.534. The van der Waals surface area contributed by atoms with Crippen molar-refractivity contribution in [1.82, 2.24) is 9.80 Å². The summed E-state index contributed by atoms with van der Waals surface area (Å²) in [5, 5.41) is 19.0. The van der Waals surface area contributed by atoms with Crippen molar-refractivity contribution in [2.45, 2.75) is 12.6 Å². The fraction of sp³-hybridized carbons (Fsp3) is 0.421. The average Bonchev–Trinajstić information content (AvgIpc) is 3.07. The summed E-state index contributed by atoms with van der Waals surface area (Å²) in [6, 6.07) is 13.0. The molecule has 1 fully saturated rings. The maximum absolute atomic E-state index is 10.2. The van der Waals surface area contributed by atoms with E-state index in [-0.39, 0.29) is 6.61 Å². The molecule has 1 aliphatic heterocycles. The Morgan fingerprint density at radius 3 is 2.42 bits per heavy atom. The quantitative estimate of drug-likeness (QED) is 0.786. The molecule has 0 saturated carbocycles. The van der Waals surface area contributed by atoms with E-state index in [1.54, 1.807) is 35.6 Å². The Morgan fingerprint density at radius 2 is 1.81 bits per heavy atom. The molecular formula is C19H22ClN3O2S. The lowest BCUT2D eigenvalue weighted by Crippen LogP contribution is -2.48. The van der Waals surface area contributed by atoms with Gasteiger partial charge in [-0.1, -0.05) is 11.6 Å². The summed E-state index contributed by atoms with van der Waals surface area (Å²) in [7, 11) is 0. The van der Waals surface area contributed by atoms with E-state index in [2.05, 4.69) is 21.9 Å². The first-order valence-electron chi connectivity index (χ1n) is 8.62. The number of halogens is 1. The number of nitrogens with zero attached hydrogens (tertiary/aromatic N) is 3. The van der Waals surface area contributed by atoms with Gasteiger partial charge in [-0.05, 0) is 36.4 Å². The van der Waals surface area contributed by atoms with E-state index < -0.39 is 6.10 Å². The molecule has 2 aromatic rings. The van der Waals surface area contributed by atoms with Gasteiger partial charge < -0.3 is 9.84 Å². The highest BCUT2D eigenvalue weighted by molar-refractivity contribution is 7.16. The molecule has 7 heteroatoms. The highest BCUT2D eigenvalue weighted by Crippen LogP contribution is 2.23. The SMILES string of the molecule is N#Cc1ccc(OCC(O)CN2CCN(Cc3ccc(Cl)s3)CC2)cc1. The fourth-order valence-corrected chi connectivity index (χ4v) is 4.09. The van der Waals surface area contributed by atoms with Crippen LogP contribution in [0, 0.1) is 11.3 Å². The third-order valence-corrected chi connectivity index (χ3v) is 5.58. The standard InChI is InChI=1S/C19H22ClN3O2S/c20-19-6-5-18(26-19)13-23-9-7-22(8-10-23)12-16(24)14-25-17-3-1-15(11-21)2-4-17/h1-6,16,24H,7-10,12-14H2. The summed E-state index contributed by atoms with van der Waals surface area (Å²) in [4.78, 5) is 5.97. The van der Waals surface area contributed by atoms with Gasteiger partial charge in [0, 0.05) is 44.1 Å². The molecule has 1 aromatic carbocycles. The van der Waals surface area contributed by atoms with Gasteiger partial charge in [0.1, 0.15) is 18.5 Å². The summed E-state index contributed by atoms with van der Waals surface area (Å²) in [6.45, 7) is 5.64. The number of hydrogen-bond acceptors (Lipinski definition) is 6. The molecule has 1 aromatic heterocycles. The predicted octanol–water partition coefficient (Wildman–Crippen LogP) is 2.83. The number of β-amino-alcohol motifs (C(OH)–C–C–N with tert-alkyl or cyclic N) is 1. The highest BCUT2D eigenvalue weighted by Gasteiger charge is 2.20. The van der Waals surface area contributed by atoms with Crippen LogP contribution in [-0.4, -0.2) is 60.3 Å². The van der Waals surface area contributed by atoms with Crippen molar-refractivity contribution in [2.75, 3.05) is 39.3 Å². The van der Waals surface area contributed by atoms with Crippen molar-refractivity contribution in [1.29, 1.82) is 5.26 Å². The minimum absolute atomic E-state index is 0.250. The van der Waals surface area contributed by atoms with Crippen molar-refractivity contribution >= 4 is 22.9 Å². The molecule has 138 valence electrons. The molecule has 0 radical (unpaired) electrons. The second-order valence-electron chi connectivity index (χ2n) is 6.38. The van der Waals surface area contributed by atoms with Crippen LogP contribution in [0.25, 0.3) is 0 Å². The Bertz CT molecular complexity index is 736. The molecule has 5 nitrogen and oxygen atoms in total. The first kappa shape index (κ1) is 19.2. The molecule has 1 unspecified atom stereocenters. The van der Waals surface area contributed by atoms with Gasteiger partial charge in [0.25, 0.3) is 0 Å². The molecule has 0 aliphatic carbocycles. The zero-order valence-electron chi connectivity index (χ0n) is 14.5. The number of benzene rings is 1. The van der Waals surface area contributed by atoms with E-state index in [4.69, 9.17) is 21.6 Å². The predicted molar refractivity (Wildman–Crippen MR) is 104 cm³/mol. The number of aliphatic hydroxyl groups excluding tert-OH is 1. The van der Waals surface area contributed by atoms with Crippen LogP contribution >= 0.6 is 22.9 Å². The summed E-state index contributed by atoms with van der Waals surface area (Å²) in [5.74, 6) is 0.669. The van der Waals surface area contributed by atoms with Crippen molar-refractivity contribution < 1.29 is 9.84 Å². The van der Waals surface area contributed by atoms with Crippen LogP contribution in [0.15, 0.2) is 36.4 Å². The summed E-state index contributed by atoms with van der Waals surface area (Å²) >= 11 is 7.62. The van der Waals surface area contributed by atoms with Crippen molar-refractivity contribution in [3.05, 3.63) is 51.2 Å². The molecule has 0 amide bonds. The van der Waals surface area contributed by atoms with Gasteiger partial charge in [0.15, 0.2) is 0 Å². The van der Waals surface area contributed by atoms with E-state index in [0.717, 1.165) is 37.1 Å². The number of rotatable bonds is 7. The summed E-state index contributed by atoms with van der Waals surface area (Å²) in [6.07, 6.45) is -0.534. The third kappa shape index (κ3) is 5.70. The number of aliphatic hydroxyl groups is 1. The molecule has 0 spiro atoms. The third-order valence-electron chi connectivity index (χ3n) is 4.37. The minimum Gasteiger partial charge on any atom is -0.491 e. The lowest BCUT2D eigenvalue weighted by atomic mass is 10.2. The fourth-order valence-electron chi connectivity index (χ4n) is 2.96. The molecule has 1 atom stereocenters. The van der Waals surface area contributed by atoms with E-state index in [1.165, 1.54) is 4.88 Å². The maximum Gasteiger partial charge on any atom is 0.119 e. The van der Waals surface area contributed by atoms with Gasteiger partial charge in [-0.3, -0.25) is 9.80 Å². The van der Waals surface area contributed by atoms with Gasteiger partial charge >= 0.3 is 0 Å². The first-order chi connectivity index (χ1) is 12.6. The van der Waals surface area contributed by atoms with E-state index in [0.29, 0.717) is 17.9 Å². The van der Waals surface area contributed by atoms with Crippen LogP contribution < -0.4 is 4.74 Å². The first-order valence-corrected chi connectivity index (χ1v) is 9.82. The van der Waals surface area contributed by atoms with Gasteiger partial charge in [-0.15, -0.1) is 11.3 Å². The second kappa shape index (κ2) is 9.36. The van der Waals surface area contributed by atoms with Gasteiger partial charge in [-0.2, -0.15) is 5.26 Å². The normalized spacial score (nSPS) is 17.0. The van der Waals surface area contributed by atoms with E-state index in [9.17, 15) is 5.11 Å². The number of nitriles is 1. The average molecular weight is 392 g/mol. The Hall–Kier alpha value is -1.62. The Morgan fingerprint density at radius 1 is 1.12 bits per heavy atom. The maximum atomic E-state index is 10.2. The van der Waals surface area contributed by atoms with Gasteiger partial charge in [0.2, 0.25) is 0 Å². The van der Waals surface area contributed by atoms with Crippen LogP contribution in [0.1, 0.15) is 10.4 Å². The molecule has 1 saturated heterocycles. The summed E-state index contributed by atoms with van der Waals surface area (Å²) < 4.78 is 6.44. The largest absolute Gasteiger partial charge is 0.491 e. The van der Waals surface area contributed by atoms with E-state index in [1.807, 2.05) is 6.07 Å². The van der Waals surface area contributed by atoms with Crippen molar-refractivity contribution in [3.8, 4) is 11.8 Å². The molecule has 26 heavy (non-hydrogen) atoms.